The summed E-state index contributed by atoms with van der Waals surface area (Å²) in [5.41, 5.74) is 7.47. The van der Waals surface area contributed by atoms with Crippen LogP contribution in [0.3, 0.4) is 0 Å². The van der Waals surface area contributed by atoms with Crippen molar-refractivity contribution in [2.45, 2.75) is 6.54 Å². The van der Waals surface area contributed by atoms with Crippen LogP contribution in [0.5, 0.6) is 0 Å². The Morgan fingerprint density at radius 2 is 1.90 bits per heavy atom. The maximum Gasteiger partial charge on any atom is 0.251 e. The minimum absolute atomic E-state index is 0.0823. The second-order valence-electron chi connectivity index (χ2n) is 4.53. The molecule has 2 rings (SSSR count). The van der Waals surface area contributed by atoms with Gasteiger partial charge in [0.25, 0.3) is 5.91 Å². The van der Waals surface area contributed by atoms with Gasteiger partial charge in [-0.3, -0.25) is 14.3 Å². The van der Waals surface area contributed by atoms with E-state index in [4.69, 9.17) is 5.73 Å². The summed E-state index contributed by atoms with van der Waals surface area (Å²) in [7, 11) is 1.80. The minimum atomic E-state index is -0.314. The van der Waals surface area contributed by atoms with Gasteiger partial charge in [0.1, 0.15) is 0 Å². The van der Waals surface area contributed by atoms with Crippen molar-refractivity contribution in [2.24, 2.45) is 7.05 Å². The zero-order chi connectivity index (χ0) is 15.2. The molecule has 0 aliphatic heterocycles. The van der Waals surface area contributed by atoms with Gasteiger partial charge in [-0.1, -0.05) is 0 Å². The zero-order valence-electron chi connectivity index (χ0n) is 11.7. The van der Waals surface area contributed by atoms with Gasteiger partial charge >= 0.3 is 0 Å². The average Bonchev–Trinajstić information content (AvgIpc) is 2.88. The largest absolute Gasteiger partial charge is 0.399 e. The van der Waals surface area contributed by atoms with Gasteiger partial charge in [-0.2, -0.15) is 5.10 Å². The van der Waals surface area contributed by atoms with Gasteiger partial charge < -0.3 is 16.4 Å². The minimum Gasteiger partial charge on any atom is -0.399 e. The predicted octanol–water partition coefficient (Wildman–Crippen LogP) is 0.0485. The van der Waals surface area contributed by atoms with Crippen LogP contribution in [0.25, 0.3) is 0 Å². The summed E-state index contributed by atoms with van der Waals surface area (Å²) in [5.74, 6) is -0.578. The van der Waals surface area contributed by atoms with Crippen LogP contribution in [0, 0.1) is 0 Å². The van der Waals surface area contributed by atoms with Crippen molar-refractivity contribution in [3.8, 4) is 0 Å². The Hall–Kier alpha value is -2.83. The number of rotatable bonds is 5. The fourth-order valence-corrected chi connectivity index (χ4v) is 1.72. The molecule has 0 aliphatic rings. The molecule has 0 aliphatic carbocycles. The molecule has 0 fully saturated rings. The summed E-state index contributed by atoms with van der Waals surface area (Å²) < 4.78 is 1.67. The highest BCUT2D eigenvalue weighted by Crippen LogP contribution is 2.04. The Balaban J connectivity index is 1.77. The lowest BCUT2D eigenvalue weighted by atomic mass is 10.2. The molecular weight excluding hydrogens is 270 g/mol. The Bertz CT molecular complexity index is 633. The molecule has 1 aromatic heterocycles. The molecule has 4 N–H and O–H groups in total. The van der Waals surface area contributed by atoms with Crippen molar-refractivity contribution in [1.29, 1.82) is 0 Å². The van der Waals surface area contributed by atoms with Gasteiger partial charge in [-0.05, 0) is 30.3 Å². The second kappa shape index (κ2) is 6.56. The predicted molar refractivity (Wildman–Crippen MR) is 78.2 cm³/mol. The highest BCUT2D eigenvalue weighted by molar-refractivity contribution is 5.96. The number of aryl methyl sites for hydroxylation is 1. The number of nitrogens with two attached hydrogens (primary N) is 1. The van der Waals surface area contributed by atoms with Gasteiger partial charge in [-0.25, -0.2) is 0 Å². The summed E-state index contributed by atoms with van der Waals surface area (Å²) in [6, 6.07) is 8.30. The fourth-order valence-electron chi connectivity index (χ4n) is 1.72. The SMILES string of the molecule is Cn1nccc1CNC(=O)CNC(=O)c1ccc(N)cc1. The number of aromatic nitrogens is 2. The number of benzene rings is 1. The summed E-state index contributed by atoms with van der Waals surface area (Å²) in [6.07, 6.45) is 1.66. The smallest absolute Gasteiger partial charge is 0.251 e. The number of amides is 2. The molecule has 2 aromatic rings. The molecule has 7 heteroatoms. The standard InChI is InChI=1S/C14H17N5O2/c1-19-12(6-7-18-19)8-16-13(20)9-17-14(21)10-2-4-11(15)5-3-10/h2-7H,8-9,15H2,1H3,(H,16,20)(H,17,21). The van der Waals surface area contributed by atoms with Crippen LogP contribution in [-0.2, 0) is 18.4 Å². The number of carbonyl (C=O) groups is 2. The first-order valence-corrected chi connectivity index (χ1v) is 6.43. The molecule has 110 valence electrons. The van der Waals surface area contributed by atoms with Gasteiger partial charge in [0.05, 0.1) is 18.8 Å². The first-order valence-electron chi connectivity index (χ1n) is 6.43. The highest BCUT2D eigenvalue weighted by atomic mass is 16.2. The van der Waals surface area contributed by atoms with Gasteiger partial charge in [0, 0.05) is 24.5 Å². The fraction of sp³-hybridized carbons (Fsp3) is 0.214. The van der Waals surface area contributed by atoms with Crippen LogP contribution in [0.4, 0.5) is 5.69 Å². The lowest BCUT2D eigenvalue weighted by Crippen LogP contribution is -2.36. The molecule has 0 unspecified atom stereocenters. The molecule has 1 heterocycles. The molecule has 2 amide bonds. The molecule has 21 heavy (non-hydrogen) atoms. The Morgan fingerprint density at radius 3 is 2.52 bits per heavy atom. The molecule has 0 atom stereocenters. The Kier molecular flexibility index (Phi) is 4.55. The van der Waals surface area contributed by atoms with Crippen LogP contribution in [0.1, 0.15) is 16.1 Å². The second-order valence-corrected chi connectivity index (χ2v) is 4.53. The first kappa shape index (κ1) is 14.6. The van der Waals surface area contributed by atoms with Crippen LogP contribution in [0.2, 0.25) is 0 Å². The third-order valence-electron chi connectivity index (χ3n) is 2.97. The number of hydrogen-bond acceptors (Lipinski definition) is 4. The van der Waals surface area contributed by atoms with Gasteiger partial charge in [0.2, 0.25) is 5.91 Å². The van der Waals surface area contributed by atoms with Crippen LogP contribution in [0.15, 0.2) is 36.5 Å². The van der Waals surface area contributed by atoms with E-state index in [0.717, 1.165) is 5.69 Å². The number of nitrogen functional groups attached to an aromatic ring is 1. The van der Waals surface area contributed by atoms with Crippen molar-refractivity contribution >= 4 is 17.5 Å². The van der Waals surface area contributed by atoms with E-state index in [9.17, 15) is 9.59 Å². The number of anilines is 1. The maximum atomic E-state index is 11.8. The molecule has 0 bridgehead atoms. The van der Waals surface area contributed by atoms with Crippen molar-refractivity contribution in [1.82, 2.24) is 20.4 Å². The van der Waals surface area contributed by atoms with E-state index in [1.54, 1.807) is 42.2 Å². The summed E-state index contributed by atoms with van der Waals surface area (Å²) in [6.45, 7) is 0.286. The van der Waals surface area contributed by atoms with Crippen molar-refractivity contribution in [2.75, 3.05) is 12.3 Å². The maximum absolute atomic E-state index is 11.8. The first-order chi connectivity index (χ1) is 10.1. The van der Waals surface area contributed by atoms with Gasteiger partial charge in [0.15, 0.2) is 0 Å². The van der Waals surface area contributed by atoms with E-state index in [1.807, 2.05) is 6.07 Å². The third-order valence-corrected chi connectivity index (χ3v) is 2.97. The third kappa shape index (κ3) is 4.07. The topological polar surface area (TPSA) is 102 Å². The van der Waals surface area contributed by atoms with Crippen molar-refractivity contribution < 1.29 is 9.59 Å². The number of nitrogens with zero attached hydrogens (tertiary/aromatic N) is 2. The monoisotopic (exact) mass is 287 g/mol. The zero-order valence-corrected chi connectivity index (χ0v) is 11.7. The van der Waals surface area contributed by atoms with E-state index >= 15 is 0 Å². The van der Waals surface area contributed by atoms with E-state index in [-0.39, 0.29) is 18.4 Å². The molecule has 0 saturated carbocycles. The molecule has 0 radical (unpaired) electrons. The normalized spacial score (nSPS) is 10.1. The van der Waals surface area contributed by atoms with Crippen LogP contribution < -0.4 is 16.4 Å². The molecule has 7 nitrogen and oxygen atoms in total. The van der Waals surface area contributed by atoms with Crippen LogP contribution >= 0.6 is 0 Å². The molecule has 0 spiro atoms. The van der Waals surface area contributed by atoms with Crippen molar-refractivity contribution in [3.63, 3.8) is 0 Å². The van der Waals surface area contributed by atoms with Gasteiger partial charge in [-0.15, -0.1) is 0 Å². The molecule has 1 aromatic carbocycles. The molecular formula is C14H17N5O2. The number of hydrogen-bond donors (Lipinski definition) is 3. The quantitative estimate of drug-likeness (QED) is 0.676. The lowest BCUT2D eigenvalue weighted by molar-refractivity contribution is -0.120. The Morgan fingerprint density at radius 1 is 1.19 bits per heavy atom. The number of nitrogens with one attached hydrogen (secondary N) is 2. The van der Waals surface area contributed by atoms with E-state index < -0.39 is 0 Å². The van der Waals surface area contributed by atoms with Crippen molar-refractivity contribution in [3.05, 3.63) is 47.8 Å². The highest BCUT2D eigenvalue weighted by Gasteiger charge is 2.08. The summed E-state index contributed by atoms with van der Waals surface area (Å²) in [4.78, 5) is 23.5. The van der Waals surface area contributed by atoms with Crippen LogP contribution in [-0.4, -0.2) is 28.1 Å². The molecule has 0 saturated heterocycles. The van der Waals surface area contributed by atoms with E-state index in [1.165, 1.54) is 0 Å². The summed E-state index contributed by atoms with van der Waals surface area (Å²) >= 11 is 0. The average molecular weight is 287 g/mol. The Labute approximate surface area is 122 Å². The number of carbonyl (C=O) groups excluding carboxylic acids is 2. The lowest BCUT2D eigenvalue weighted by Gasteiger charge is -2.07. The van der Waals surface area contributed by atoms with E-state index in [2.05, 4.69) is 15.7 Å². The summed E-state index contributed by atoms with van der Waals surface area (Å²) in [5, 5.41) is 9.26. The van der Waals surface area contributed by atoms with E-state index in [0.29, 0.717) is 17.8 Å².